The van der Waals surface area contributed by atoms with Crippen LogP contribution in [0.5, 0.6) is 0 Å². The summed E-state index contributed by atoms with van der Waals surface area (Å²) in [7, 11) is 3.62. The molecule has 0 fully saturated rings. The molecule has 4 heteroatoms. The van der Waals surface area contributed by atoms with E-state index in [1.54, 1.807) is 7.05 Å². The molecule has 90 valence electrons. The van der Waals surface area contributed by atoms with Crippen molar-refractivity contribution in [2.75, 3.05) is 7.05 Å². The van der Waals surface area contributed by atoms with E-state index < -0.39 is 12.0 Å². The Morgan fingerprint density at radius 2 is 2.06 bits per heavy atom. The summed E-state index contributed by atoms with van der Waals surface area (Å²) in [5.41, 5.74) is 2.88. The lowest BCUT2D eigenvalue weighted by molar-refractivity contribution is -0.139. The van der Waals surface area contributed by atoms with Gasteiger partial charge in [0.2, 0.25) is 0 Å². The monoisotopic (exact) mass is 232 g/mol. The van der Waals surface area contributed by atoms with E-state index in [0.717, 1.165) is 22.2 Å². The van der Waals surface area contributed by atoms with Crippen LogP contribution in [0.2, 0.25) is 0 Å². The number of rotatable bonds is 3. The van der Waals surface area contributed by atoms with Crippen LogP contribution < -0.4 is 5.32 Å². The lowest BCUT2D eigenvalue weighted by atomic mass is 10.0. The lowest BCUT2D eigenvalue weighted by Gasteiger charge is -2.12. The lowest BCUT2D eigenvalue weighted by Crippen LogP contribution is -2.25. The number of likely N-dealkylation sites (N-methyl/N-ethyl adjacent to an activating group) is 1. The molecule has 1 unspecified atom stereocenters. The molecule has 1 aromatic carbocycles. The Kier molecular flexibility index (Phi) is 2.90. The fourth-order valence-corrected chi connectivity index (χ4v) is 2.31. The van der Waals surface area contributed by atoms with Crippen LogP contribution >= 0.6 is 0 Å². The molecule has 0 aliphatic carbocycles. The molecule has 0 spiro atoms. The summed E-state index contributed by atoms with van der Waals surface area (Å²) in [6, 6.07) is 7.19. The fourth-order valence-electron chi connectivity index (χ4n) is 2.31. The van der Waals surface area contributed by atoms with Gasteiger partial charge in [-0.3, -0.25) is 4.79 Å². The van der Waals surface area contributed by atoms with Gasteiger partial charge in [0, 0.05) is 29.2 Å². The van der Waals surface area contributed by atoms with E-state index in [4.69, 9.17) is 0 Å². The second-order valence-electron chi connectivity index (χ2n) is 4.14. The minimum atomic E-state index is -0.855. The summed E-state index contributed by atoms with van der Waals surface area (Å²) in [6.45, 7) is 1.95. The Balaban J connectivity index is 2.76. The Labute approximate surface area is 99.9 Å². The number of benzene rings is 1. The number of carboxylic acid groups (broad SMARTS) is 1. The summed E-state index contributed by atoms with van der Waals surface area (Å²) in [4.78, 5) is 11.3. The topological polar surface area (TPSA) is 54.3 Å². The van der Waals surface area contributed by atoms with Crippen LogP contribution in [0.25, 0.3) is 10.9 Å². The van der Waals surface area contributed by atoms with Crippen LogP contribution in [-0.4, -0.2) is 22.7 Å². The van der Waals surface area contributed by atoms with Gasteiger partial charge < -0.3 is 15.0 Å². The van der Waals surface area contributed by atoms with Crippen molar-refractivity contribution >= 4 is 16.9 Å². The van der Waals surface area contributed by atoms with E-state index in [-0.39, 0.29) is 0 Å². The maximum absolute atomic E-state index is 11.3. The second kappa shape index (κ2) is 4.22. The van der Waals surface area contributed by atoms with E-state index in [1.807, 2.05) is 42.8 Å². The largest absolute Gasteiger partial charge is 0.480 e. The first-order valence-corrected chi connectivity index (χ1v) is 5.52. The number of aliphatic carboxylic acids is 1. The van der Waals surface area contributed by atoms with Crippen LogP contribution in [0, 0.1) is 6.92 Å². The molecule has 0 saturated carbocycles. The van der Waals surface area contributed by atoms with Gasteiger partial charge in [0.25, 0.3) is 0 Å². The smallest absolute Gasteiger partial charge is 0.325 e. The van der Waals surface area contributed by atoms with Crippen molar-refractivity contribution < 1.29 is 9.90 Å². The van der Waals surface area contributed by atoms with Crippen LogP contribution in [0.3, 0.4) is 0 Å². The van der Waals surface area contributed by atoms with Crippen molar-refractivity contribution in [1.29, 1.82) is 0 Å². The summed E-state index contributed by atoms with van der Waals surface area (Å²) in [5.74, 6) is -0.855. The molecular formula is C13H16N2O2. The fraction of sp³-hybridized carbons (Fsp3) is 0.308. The summed E-state index contributed by atoms with van der Waals surface area (Å²) >= 11 is 0. The van der Waals surface area contributed by atoms with E-state index in [1.165, 1.54) is 0 Å². The third kappa shape index (κ3) is 1.70. The highest BCUT2D eigenvalue weighted by Gasteiger charge is 2.24. The Morgan fingerprint density at radius 3 is 2.65 bits per heavy atom. The van der Waals surface area contributed by atoms with Gasteiger partial charge in [0.1, 0.15) is 6.04 Å². The van der Waals surface area contributed by atoms with E-state index in [9.17, 15) is 9.90 Å². The third-order valence-electron chi connectivity index (χ3n) is 3.27. The molecule has 0 amide bonds. The minimum absolute atomic E-state index is 0.666. The zero-order chi connectivity index (χ0) is 12.6. The predicted molar refractivity (Wildman–Crippen MR) is 67.1 cm³/mol. The number of hydrogen-bond donors (Lipinski definition) is 2. The minimum Gasteiger partial charge on any atom is -0.480 e. The first kappa shape index (κ1) is 11.7. The van der Waals surface area contributed by atoms with Crippen LogP contribution in [-0.2, 0) is 11.8 Å². The molecule has 1 heterocycles. The van der Waals surface area contributed by atoms with Gasteiger partial charge in [0.05, 0.1) is 0 Å². The molecule has 4 nitrogen and oxygen atoms in total. The quantitative estimate of drug-likeness (QED) is 0.849. The van der Waals surface area contributed by atoms with Crippen LogP contribution in [0.15, 0.2) is 24.3 Å². The van der Waals surface area contributed by atoms with E-state index in [0.29, 0.717) is 0 Å². The molecule has 0 radical (unpaired) electrons. The highest BCUT2D eigenvalue weighted by Crippen LogP contribution is 2.29. The molecule has 2 rings (SSSR count). The number of carbonyl (C=O) groups is 1. The van der Waals surface area contributed by atoms with Gasteiger partial charge >= 0.3 is 5.97 Å². The highest BCUT2D eigenvalue weighted by molar-refractivity contribution is 5.91. The van der Waals surface area contributed by atoms with Crippen molar-refractivity contribution in [2.24, 2.45) is 7.05 Å². The van der Waals surface area contributed by atoms with Gasteiger partial charge in [-0.15, -0.1) is 0 Å². The molecule has 0 saturated heterocycles. The number of nitrogens with one attached hydrogen (secondary N) is 1. The maximum atomic E-state index is 11.3. The van der Waals surface area contributed by atoms with Gasteiger partial charge in [-0.2, -0.15) is 0 Å². The zero-order valence-electron chi connectivity index (χ0n) is 10.2. The molecule has 17 heavy (non-hydrogen) atoms. The number of fused-ring (bicyclic) bond motifs is 1. The summed E-state index contributed by atoms with van der Waals surface area (Å²) < 4.78 is 2.03. The predicted octanol–water partition coefficient (Wildman–Crippen LogP) is 1.83. The molecule has 1 aromatic heterocycles. The first-order valence-electron chi connectivity index (χ1n) is 5.52. The van der Waals surface area contributed by atoms with Gasteiger partial charge in [-0.25, -0.2) is 0 Å². The molecule has 0 aliphatic rings. The summed E-state index contributed by atoms with van der Waals surface area (Å²) in [5, 5.41) is 13.1. The number of nitrogens with zero attached hydrogens (tertiary/aromatic N) is 1. The average Bonchev–Trinajstić information content (AvgIpc) is 2.56. The van der Waals surface area contributed by atoms with Gasteiger partial charge in [-0.05, 0) is 20.0 Å². The van der Waals surface area contributed by atoms with Gasteiger partial charge in [0.15, 0.2) is 0 Å². The normalized spacial score (nSPS) is 12.9. The number of hydrogen-bond acceptors (Lipinski definition) is 2. The third-order valence-corrected chi connectivity index (χ3v) is 3.27. The number of carboxylic acids is 1. The van der Waals surface area contributed by atoms with Crippen molar-refractivity contribution in [2.45, 2.75) is 13.0 Å². The van der Waals surface area contributed by atoms with Crippen molar-refractivity contribution in [1.82, 2.24) is 9.88 Å². The molecule has 2 aromatic rings. The zero-order valence-corrected chi connectivity index (χ0v) is 10.2. The Morgan fingerprint density at radius 1 is 1.41 bits per heavy atom. The molecule has 0 bridgehead atoms. The number of aromatic nitrogens is 1. The second-order valence-corrected chi connectivity index (χ2v) is 4.14. The van der Waals surface area contributed by atoms with Crippen LogP contribution in [0.1, 0.15) is 17.3 Å². The van der Waals surface area contributed by atoms with E-state index in [2.05, 4.69) is 5.32 Å². The van der Waals surface area contributed by atoms with Crippen LogP contribution in [0.4, 0.5) is 0 Å². The van der Waals surface area contributed by atoms with Crippen molar-refractivity contribution in [3.05, 3.63) is 35.5 Å². The Hall–Kier alpha value is -1.81. The molecule has 1 atom stereocenters. The first-order chi connectivity index (χ1) is 8.07. The maximum Gasteiger partial charge on any atom is 0.325 e. The SMILES string of the molecule is CNC(C(=O)O)c1c(C)n(C)c2ccccc12. The number of aryl methyl sites for hydroxylation is 1. The van der Waals surface area contributed by atoms with Crippen molar-refractivity contribution in [3.63, 3.8) is 0 Å². The standard InChI is InChI=1S/C13H16N2O2/c1-8-11(12(14-2)13(16)17)9-6-4-5-7-10(9)15(8)3/h4-7,12,14H,1-3H3,(H,16,17). The van der Waals surface area contributed by atoms with E-state index >= 15 is 0 Å². The highest BCUT2D eigenvalue weighted by atomic mass is 16.4. The Bertz CT molecular complexity index is 572. The molecular weight excluding hydrogens is 216 g/mol. The average molecular weight is 232 g/mol. The van der Waals surface area contributed by atoms with Gasteiger partial charge in [-0.1, -0.05) is 18.2 Å². The van der Waals surface area contributed by atoms with Crippen molar-refractivity contribution in [3.8, 4) is 0 Å². The summed E-state index contributed by atoms with van der Waals surface area (Å²) in [6.07, 6.45) is 0. The molecule has 0 aliphatic heterocycles. The number of para-hydroxylation sites is 1. The molecule has 2 N–H and O–H groups in total.